The fourth-order valence-electron chi connectivity index (χ4n) is 3.01. The summed E-state index contributed by atoms with van der Waals surface area (Å²) in [6, 6.07) is 5.26. The van der Waals surface area contributed by atoms with E-state index in [2.05, 4.69) is 4.72 Å². The van der Waals surface area contributed by atoms with Crippen molar-refractivity contribution in [3.63, 3.8) is 0 Å². The summed E-state index contributed by atoms with van der Waals surface area (Å²) < 4.78 is 53.3. The number of carboxylic acids is 1. The second-order valence-corrected chi connectivity index (χ2v) is 7.50. The molecule has 0 aromatic heterocycles. The van der Waals surface area contributed by atoms with Crippen molar-refractivity contribution in [1.29, 1.82) is 0 Å². The lowest BCUT2D eigenvalue weighted by Crippen LogP contribution is -2.19. The summed E-state index contributed by atoms with van der Waals surface area (Å²) in [6.45, 7) is 0. The van der Waals surface area contributed by atoms with Crippen LogP contribution in [0.5, 0.6) is 0 Å². The van der Waals surface area contributed by atoms with E-state index in [1.807, 2.05) is 0 Å². The number of fused-ring (bicyclic) bond motifs is 1. The van der Waals surface area contributed by atoms with Gasteiger partial charge in [0, 0.05) is 0 Å². The Hall–Kier alpha value is -2.48. The molecule has 0 radical (unpaired) electrons. The molecule has 5 nitrogen and oxygen atoms in total. The number of rotatable bonds is 4. The number of carboxylic acid groups (broad SMARTS) is 1. The summed E-state index contributed by atoms with van der Waals surface area (Å²) in [7, 11) is -4.26. The Morgan fingerprint density at radius 3 is 2.44 bits per heavy atom. The Morgan fingerprint density at radius 1 is 1.04 bits per heavy atom. The van der Waals surface area contributed by atoms with Crippen LogP contribution < -0.4 is 4.72 Å². The fourth-order valence-corrected chi connectivity index (χ4v) is 4.09. The molecule has 0 fully saturated rings. The van der Waals surface area contributed by atoms with Crippen molar-refractivity contribution in [1.82, 2.24) is 0 Å². The van der Waals surface area contributed by atoms with Gasteiger partial charge in [-0.25, -0.2) is 22.0 Å². The number of halogens is 2. The topological polar surface area (TPSA) is 83.5 Å². The first-order chi connectivity index (χ1) is 11.8. The largest absolute Gasteiger partial charge is 0.478 e. The SMILES string of the molecule is O=C(O)c1c(NS(=O)(=O)c2ccc(F)c(F)c2)ccc2c1CCCC2. The van der Waals surface area contributed by atoms with Gasteiger partial charge in [-0.15, -0.1) is 0 Å². The molecule has 8 heteroatoms. The third-order valence-corrected chi connectivity index (χ3v) is 5.56. The van der Waals surface area contributed by atoms with Gasteiger partial charge in [0.1, 0.15) is 0 Å². The van der Waals surface area contributed by atoms with Crippen LogP contribution >= 0.6 is 0 Å². The minimum Gasteiger partial charge on any atom is -0.478 e. The maximum atomic E-state index is 13.3. The quantitative estimate of drug-likeness (QED) is 0.868. The highest BCUT2D eigenvalue weighted by molar-refractivity contribution is 7.92. The lowest BCUT2D eigenvalue weighted by atomic mass is 9.87. The van der Waals surface area contributed by atoms with Gasteiger partial charge < -0.3 is 5.11 Å². The van der Waals surface area contributed by atoms with E-state index < -0.39 is 32.5 Å². The second kappa shape index (κ2) is 6.44. The van der Waals surface area contributed by atoms with E-state index in [0.717, 1.165) is 30.9 Å². The van der Waals surface area contributed by atoms with E-state index in [1.54, 1.807) is 6.07 Å². The van der Waals surface area contributed by atoms with Gasteiger partial charge in [-0.1, -0.05) is 6.07 Å². The van der Waals surface area contributed by atoms with Crippen molar-refractivity contribution in [3.05, 3.63) is 58.7 Å². The molecule has 0 atom stereocenters. The van der Waals surface area contributed by atoms with Crippen LogP contribution in [0.4, 0.5) is 14.5 Å². The van der Waals surface area contributed by atoms with E-state index in [-0.39, 0.29) is 11.3 Å². The number of benzene rings is 2. The van der Waals surface area contributed by atoms with Crippen molar-refractivity contribution in [2.75, 3.05) is 4.72 Å². The van der Waals surface area contributed by atoms with E-state index in [0.29, 0.717) is 24.1 Å². The van der Waals surface area contributed by atoms with Crippen molar-refractivity contribution >= 4 is 21.7 Å². The number of hydrogen-bond donors (Lipinski definition) is 2. The summed E-state index contributed by atoms with van der Waals surface area (Å²) in [5, 5.41) is 9.53. The fraction of sp³-hybridized carbons (Fsp3) is 0.235. The molecule has 2 aromatic rings. The maximum absolute atomic E-state index is 13.3. The monoisotopic (exact) mass is 367 g/mol. The minimum atomic E-state index is -4.26. The molecule has 0 heterocycles. The molecule has 25 heavy (non-hydrogen) atoms. The van der Waals surface area contributed by atoms with Crippen LogP contribution in [0.1, 0.15) is 34.3 Å². The molecule has 3 rings (SSSR count). The summed E-state index contributed by atoms with van der Waals surface area (Å²) in [4.78, 5) is 11.2. The van der Waals surface area contributed by atoms with Crippen LogP contribution in [-0.4, -0.2) is 19.5 Å². The van der Waals surface area contributed by atoms with Gasteiger partial charge in [0.05, 0.1) is 16.1 Å². The highest BCUT2D eigenvalue weighted by Gasteiger charge is 2.25. The molecule has 132 valence electrons. The van der Waals surface area contributed by atoms with Gasteiger partial charge >= 0.3 is 5.97 Å². The van der Waals surface area contributed by atoms with Crippen LogP contribution in [0.2, 0.25) is 0 Å². The lowest BCUT2D eigenvalue weighted by molar-refractivity contribution is 0.0696. The predicted molar refractivity (Wildman–Crippen MR) is 87.2 cm³/mol. The Balaban J connectivity index is 2.05. The highest BCUT2D eigenvalue weighted by atomic mass is 32.2. The van der Waals surface area contributed by atoms with E-state index in [1.165, 1.54) is 6.07 Å². The molecule has 0 saturated heterocycles. The molecular formula is C17H15F2NO4S. The molecule has 0 saturated carbocycles. The molecule has 0 aliphatic heterocycles. The Kier molecular flexibility index (Phi) is 4.47. The first-order valence-corrected chi connectivity index (χ1v) is 9.14. The second-order valence-electron chi connectivity index (χ2n) is 5.82. The molecule has 1 aliphatic carbocycles. The number of hydrogen-bond acceptors (Lipinski definition) is 3. The Bertz CT molecular complexity index is 957. The first-order valence-electron chi connectivity index (χ1n) is 7.65. The number of aromatic carboxylic acids is 1. The molecule has 2 aromatic carbocycles. The average molecular weight is 367 g/mol. The van der Waals surface area contributed by atoms with Crippen molar-refractivity contribution < 1.29 is 27.1 Å². The highest BCUT2D eigenvalue weighted by Crippen LogP contribution is 2.31. The summed E-state index contributed by atoms with van der Waals surface area (Å²) in [5.41, 5.74) is 1.32. The zero-order valence-electron chi connectivity index (χ0n) is 13.1. The van der Waals surface area contributed by atoms with E-state index in [4.69, 9.17) is 0 Å². The Morgan fingerprint density at radius 2 is 1.76 bits per heavy atom. The first kappa shape index (κ1) is 17.3. The molecule has 2 N–H and O–H groups in total. The standard InChI is InChI=1S/C17H15F2NO4S/c18-13-7-6-11(9-14(13)19)25(23,24)20-15-8-5-10-3-1-2-4-12(10)16(15)17(21)22/h5-9,20H,1-4H2,(H,21,22). The van der Waals surface area contributed by atoms with Crippen LogP contribution in [0, 0.1) is 11.6 Å². The maximum Gasteiger partial charge on any atom is 0.338 e. The normalized spacial score (nSPS) is 14.0. The Labute approximate surface area is 143 Å². The third-order valence-electron chi connectivity index (χ3n) is 4.19. The smallest absolute Gasteiger partial charge is 0.338 e. The zero-order chi connectivity index (χ0) is 18.2. The predicted octanol–water partition coefficient (Wildman–Crippen LogP) is 3.34. The molecule has 0 bridgehead atoms. The third kappa shape index (κ3) is 3.34. The van der Waals surface area contributed by atoms with Gasteiger partial charge in [-0.05, 0) is 61.1 Å². The van der Waals surface area contributed by atoms with Gasteiger partial charge in [-0.2, -0.15) is 0 Å². The van der Waals surface area contributed by atoms with Crippen LogP contribution in [0.15, 0.2) is 35.2 Å². The van der Waals surface area contributed by atoms with Crippen LogP contribution in [-0.2, 0) is 22.9 Å². The van der Waals surface area contributed by atoms with Crippen molar-refractivity contribution in [2.24, 2.45) is 0 Å². The number of nitrogens with one attached hydrogen (secondary N) is 1. The number of sulfonamides is 1. The zero-order valence-corrected chi connectivity index (χ0v) is 13.9. The van der Waals surface area contributed by atoms with E-state index >= 15 is 0 Å². The summed E-state index contributed by atoms with van der Waals surface area (Å²) in [5.74, 6) is -3.70. The molecule has 0 spiro atoms. The van der Waals surface area contributed by atoms with Gasteiger partial charge in [0.15, 0.2) is 11.6 Å². The van der Waals surface area contributed by atoms with Gasteiger partial charge in [0.25, 0.3) is 10.0 Å². The van der Waals surface area contributed by atoms with Crippen molar-refractivity contribution in [2.45, 2.75) is 30.6 Å². The van der Waals surface area contributed by atoms with Crippen molar-refractivity contribution in [3.8, 4) is 0 Å². The molecule has 1 aliphatic rings. The average Bonchev–Trinajstić information content (AvgIpc) is 2.56. The number of aryl methyl sites for hydroxylation is 1. The molecular weight excluding hydrogens is 352 g/mol. The van der Waals surface area contributed by atoms with Crippen LogP contribution in [0.25, 0.3) is 0 Å². The van der Waals surface area contributed by atoms with Gasteiger partial charge in [0.2, 0.25) is 0 Å². The number of carbonyl (C=O) groups is 1. The minimum absolute atomic E-state index is 0.0853. The van der Waals surface area contributed by atoms with Gasteiger partial charge in [-0.3, -0.25) is 4.72 Å². The molecule has 0 unspecified atom stereocenters. The number of anilines is 1. The molecule has 0 amide bonds. The lowest BCUT2D eigenvalue weighted by Gasteiger charge is -2.20. The summed E-state index contributed by atoms with van der Waals surface area (Å²) in [6.07, 6.45) is 3.07. The van der Waals surface area contributed by atoms with Crippen LogP contribution in [0.3, 0.4) is 0 Å². The summed E-state index contributed by atoms with van der Waals surface area (Å²) >= 11 is 0. The van der Waals surface area contributed by atoms with E-state index in [9.17, 15) is 27.1 Å².